The van der Waals surface area contributed by atoms with Crippen molar-refractivity contribution < 1.29 is 0 Å². The van der Waals surface area contributed by atoms with Gasteiger partial charge in [0, 0.05) is 18.2 Å². The van der Waals surface area contributed by atoms with Crippen molar-refractivity contribution in [3.8, 4) is 0 Å². The summed E-state index contributed by atoms with van der Waals surface area (Å²) in [5.41, 5.74) is 1.32. The number of rotatable bonds is 0. The summed E-state index contributed by atoms with van der Waals surface area (Å²) in [5.74, 6) is 1.46. The molecule has 15 heavy (non-hydrogen) atoms. The Hall–Kier alpha value is -0.410. The van der Waals surface area contributed by atoms with Crippen molar-refractivity contribution in [2.75, 3.05) is 0 Å². The molecule has 2 unspecified atom stereocenters. The van der Waals surface area contributed by atoms with E-state index in [4.69, 9.17) is 23.8 Å². The van der Waals surface area contributed by atoms with Crippen LogP contribution in [0.3, 0.4) is 0 Å². The average molecular weight is 241 g/mol. The number of hydrogen-bond acceptors (Lipinski definition) is 2. The summed E-state index contributed by atoms with van der Waals surface area (Å²) in [6.45, 7) is 1.06. The first-order valence-corrected chi connectivity index (χ1v) is 6.31. The Morgan fingerprint density at radius 3 is 3.07 bits per heavy atom. The quantitative estimate of drug-likeness (QED) is 0.510. The normalized spacial score (nSPS) is 28.6. The summed E-state index contributed by atoms with van der Waals surface area (Å²) in [6, 6.07) is 2.01. The van der Waals surface area contributed by atoms with Gasteiger partial charge in [0.05, 0.1) is 0 Å². The second-order valence-electron chi connectivity index (χ2n) is 4.55. The zero-order valence-electron chi connectivity index (χ0n) is 8.45. The molecule has 80 valence electrons. The lowest BCUT2D eigenvalue weighted by atomic mass is 9.80. The van der Waals surface area contributed by atoms with Gasteiger partial charge in [-0.3, -0.25) is 0 Å². The molecule has 0 saturated heterocycles. The van der Waals surface area contributed by atoms with Crippen molar-refractivity contribution in [3.63, 3.8) is 0 Å². The maximum atomic E-state index is 5.97. The van der Waals surface area contributed by atoms with Crippen molar-refractivity contribution in [3.05, 3.63) is 21.7 Å². The van der Waals surface area contributed by atoms with Gasteiger partial charge in [0.2, 0.25) is 4.77 Å². The molecule has 0 aromatic carbocycles. The largest absolute Gasteiger partial charge is 0.320 e. The third-order valence-electron chi connectivity index (χ3n) is 3.72. The van der Waals surface area contributed by atoms with E-state index < -0.39 is 0 Å². The lowest BCUT2D eigenvalue weighted by Gasteiger charge is -2.23. The molecule has 0 bridgehead atoms. The van der Waals surface area contributed by atoms with Crippen molar-refractivity contribution in [2.24, 2.45) is 5.92 Å². The Labute approximate surface area is 99.3 Å². The standard InChI is InChI=1S/C11H13ClN2S/c12-10-5-9-8-4-2-1-3-7(8)6-14(9)11(15)13-10/h5,7-8H,1-4,6H2. The predicted octanol–water partition coefficient (Wildman–Crippen LogP) is 3.55. The molecule has 2 heterocycles. The van der Waals surface area contributed by atoms with Crippen molar-refractivity contribution in [1.29, 1.82) is 0 Å². The predicted molar refractivity (Wildman–Crippen MR) is 62.8 cm³/mol. The Bertz CT molecular complexity index is 454. The molecule has 1 aromatic heterocycles. The maximum Gasteiger partial charge on any atom is 0.201 e. The molecule has 3 rings (SSSR count). The van der Waals surface area contributed by atoms with Gasteiger partial charge >= 0.3 is 0 Å². The topological polar surface area (TPSA) is 17.8 Å². The molecule has 0 spiro atoms. The van der Waals surface area contributed by atoms with Crippen LogP contribution in [0.25, 0.3) is 0 Å². The van der Waals surface area contributed by atoms with Gasteiger partial charge in [-0.2, -0.15) is 0 Å². The SMILES string of the molecule is S=c1nc(Cl)cc2n1CC1CCCCC21. The lowest BCUT2D eigenvalue weighted by Crippen LogP contribution is -2.12. The Balaban J connectivity index is 2.12. The summed E-state index contributed by atoms with van der Waals surface area (Å²) >= 11 is 11.2. The number of nitrogens with zero attached hydrogens (tertiary/aromatic N) is 2. The Kier molecular flexibility index (Phi) is 2.33. The van der Waals surface area contributed by atoms with Crippen LogP contribution in [-0.2, 0) is 6.54 Å². The smallest absolute Gasteiger partial charge is 0.201 e. The molecule has 1 aliphatic carbocycles. The summed E-state index contributed by atoms with van der Waals surface area (Å²) in [7, 11) is 0. The third kappa shape index (κ3) is 1.53. The van der Waals surface area contributed by atoms with Crippen LogP contribution >= 0.6 is 23.8 Å². The molecule has 1 aromatic rings. The van der Waals surface area contributed by atoms with E-state index in [0.29, 0.717) is 15.8 Å². The molecule has 1 fully saturated rings. The fourth-order valence-corrected chi connectivity index (χ4v) is 3.56. The molecule has 2 nitrogen and oxygen atoms in total. The van der Waals surface area contributed by atoms with Gasteiger partial charge in [-0.1, -0.05) is 24.4 Å². The van der Waals surface area contributed by atoms with Crippen LogP contribution in [0.2, 0.25) is 5.15 Å². The number of fused-ring (bicyclic) bond motifs is 3. The first kappa shape index (κ1) is 9.79. The first-order valence-electron chi connectivity index (χ1n) is 5.53. The number of halogens is 1. The molecular weight excluding hydrogens is 228 g/mol. The fraction of sp³-hybridized carbons (Fsp3) is 0.636. The van der Waals surface area contributed by atoms with Crippen LogP contribution in [0.4, 0.5) is 0 Å². The molecule has 1 saturated carbocycles. The van der Waals surface area contributed by atoms with Crippen LogP contribution in [0.5, 0.6) is 0 Å². The van der Waals surface area contributed by atoms with Gasteiger partial charge in [0.1, 0.15) is 5.15 Å². The van der Waals surface area contributed by atoms with E-state index in [1.54, 1.807) is 0 Å². The van der Waals surface area contributed by atoms with Crippen LogP contribution in [0.1, 0.15) is 37.3 Å². The second-order valence-corrected chi connectivity index (χ2v) is 5.30. The molecule has 1 aliphatic heterocycles. The summed E-state index contributed by atoms with van der Waals surface area (Å²) in [4.78, 5) is 4.15. The average Bonchev–Trinajstić information content (AvgIpc) is 2.57. The van der Waals surface area contributed by atoms with Crippen LogP contribution in [0.15, 0.2) is 6.07 Å². The minimum Gasteiger partial charge on any atom is -0.320 e. The highest BCUT2D eigenvalue weighted by molar-refractivity contribution is 7.71. The van der Waals surface area contributed by atoms with Crippen molar-refractivity contribution in [1.82, 2.24) is 9.55 Å². The van der Waals surface area contributed by atoms with Crippen molar-refractivity contribution >= 4 is 23.8 Å². The highest BCUT2D eigenvalue weighted by Gasteiger charge is 2.34. The van der Waals surface area contributed by atoms with E-state index in [9.17, 15) is 0 Å². The number of hydrogen-bond donors (Lipinski definition) is 0. The second kappa shape index (κ2) is 3.56. The zero-order chi connectivity index (χ0) is 10.4. The minimum atomic E-state index is 0.553. The third-order valence-corrected chi connectivity index (χ3v) is 4.22. The molecule has 4 heteroatoms. The van der Waals surface area contributed by atoms with E-state index in [0.717, 1.165) is 12.5 Å². The summed E-state index contributed by atoms with van der Waals surface area (Å²) < 4.78 is 2.84. The summed E-state index contributed by atoms with van der Waals surface area (Å²) in [5, 5.41) is 0.553. The van der Waals surface area contributed by atoms with Crippen molar-refractivity contribution in [2.45, 2.75) is 38.1 Å². The maximum absolute atomic E-state index is 5.97. The molecular formula is C11H13ClN2S. The fourth-order valence-electron chi connectivity index (χ4n) is 3.04. The lowest BCUT2D eigenvalue weighted by molar-refractivity contribution is 0.321. The van der Waals surface area contributed by atoms with E-state index in [1.807, 2.05) is 6.07 Å². The Morgan fingerprint density at radius 2 is 2.20 bits per heavy atom. The van der Waals surface area contributed by atoms with E-state index >= 15 is 0 Å². The van der Waals surface area contributed by atoms with Gasteiger partial charge < -0.3 is 4.57 Å². The van der Waals surface area contributed by atoms with E-state index in [2.05, 4.69) is 9.55 Å². The first-order chi connectivity index (χ1) is 7.25. The zero-order valence-corrected chi connectivity index (χ0v) is 10.0. The van der Waals surface area contributed by atoms with E-state index in [-0.39, 0.29) is 0 Å². The molecule has 0 radical (unpaired) electrons. The summed E-state index contributed by atoms with van der Waals surface area (Å²) in [6.07, 6.45) is 5.33. The van der Waals surface area contributed by atoms with Gasteiger partial charge in [-0.05, 0) is 37.0 Å². The van der Waals surface area contributed by atoms with Gasteiger partial charge in [0.25, 0.3) is 0 Å². The number of aromatic nitrogens is 2. The van der Waals surface area contributed by atoms with Crippen LogP contribution in [0, 0.1) is 10.7 Å². The molecule has 2 atom stereocenters. The monoisotopic (exact) mass is 240 g/mol. The van der Waals surface area contributed by atoms with Gasteiger partial charge in [0.15, 0.2) is 0 Å². The molecule has 2 aliphatic rings. The molecule has 0 N–H and O–H groups in total. The van der Waals surface area contributed by atoms with Crippen LogP contribution in [-0.4, -0.2) is 9.55 Å². The van der Waals surface area contributed by atoms with Gasteiger partial charge in [-0.15, -0.1) is 0 Å². The minimum absolute atomic E-state index is 0.553. The highest BCUT2D eigenvalue weighted by Crippen LogP contribution is 2.43. The molecule has 0 amide bonds. The van der Waals surface area contributed by atoms with Crippen LogP contribution < -0.4 is 0 Å². The van der Waals surface area contributed by atoms with E-state index in [1.165, 1.54) is 31.4 Å². The Morgan fingerprint density at radius 1 is 1.40 bits per heavy atom. The van der Waals surface area contributed by atoms with Gasteiger partial charge in [-0.25, -0.2) is 4.98 Å². The highest BCUT2D eigenvalue weighted by atomic mass is 35.5.